The summed E-state index contributed by atoms with van der Waals surface area (Å²) in [6.45, 7) is 7.45. The number of carbonyl (C=O) groups is 3. The van der Waals surface area contributed by atoms with Gasteiger partial charge in [0.25, 0.3) is 0 Å². The average Bonchev–Trinajstić information content (AvgIpc) is 2.45. The Kier molecular flexibility index (Phi) is 7.06. The molecule has 22 heavy (non-hydrogen) atoms. The molecule has 0 spiro atoms. The van der Waals surface area contributed by atoms with Crippen LogP contribution in [-0.2, 0) is 14.3 Å². The number of urea groups is 1. The van der Waals surface area contributed by atoms with Crippen molar-refractivity contribution < 1.29 is 19.1 Å². The van der Waals surface area contributed by atoms with E-state index < -0.39 is 23.9 Å². The Morgan fingerprint density at radius 2 is 1.68 bits per heavy atom. The maximum absolute atomic E-state index is 11.8. The van der Waals surface area contributed by atoms with Crippen molar-refractivity contribution in [2.45, 2.75) is 25.9 Å². The van der Waals surface area contributed by atoms with Gasteiger partial charge in [-0.25, -0.2) is 4.79 Å². The van der Waals surface area contributed by atoms with Gasteiger partial charge in [0.2, 0.25) is 11.8 Å². The number of morpholine rings is 1. The summed E-state index contributed by atoms with van der Waals surface area (Å²) in [5.41, 5.74) is 10.0. The number of hydrogen-bond donors (Lipinski definition) is 4. The second-order valence-electron chi connectivity index (χ2n) is 5.55. The van der Waals surface area contributed by atoms with Gasteiger partial charge in [0.1, 0.15) is 0 Å². The number of nitrogens with zero attached hydrogens (tertiary/aromatic N) is 1. The Morgan fingerprint density at radius 1 is 1.14 bits per heavy atom. The molecule has 1 heterocycles. The minimum atomic E-state index is -1.51. The largest absolute Gasteiger partial charge is 0.379 e. The predicted octanol–water partition coefficient (Wildman–Crippen LogP) is -2.02. The summed E-state index contributed by atoms with van der Waals surface area (Å²) in [7, 11) is 0. The van der Waals surface area contributed by atoms with E-state index in [-0.39, 0.29) is 6.04 Å². The molecule has 0 radical (unpaired) electrons. The number of nitrogens with two attached hydrogens (primary N) is 2. The van der Waals surface area contributed by atoms with Gasteiger partial charge in [-0.15, -0.1) is 0 Å². The molecular weight excluding hydrogens is 290 g/mol. The number of rotatable bonds is 7. The van der Waals surface area contributed by atoms with Gasteiger partial charge in [0.15, 0.2) is 6.04 Å². The van der Waals surface area contributed by atoms with Crippen molar-refractivity contribution in [1.82, 2.24) is 15.5 Å². The molecule has 6 N–H and O–H groups in total. The van der Waals surface area contributed by atoms with E-state index >= 15 is 0 Å². The van der Waals surface area contributed by atoms with Crippen LogP contribution >= 0.6 is 0 Å². The number of ether oxygens (including phenoxy) is 1. The Morgan fingerprint density at radius 3 is 2.14 bits per heavy atom. The van der Waals surface area contributed by atoms with E-state index in [9.17, 15) is 14.4 Å². The number of primary amides is 2. The van der Waals surface area contributed by atoms with E-state index in [1.165, 1.54) is 0 Å². The van der Waals surface area contributed by atoms with Crippen molar-refractivity contribution in [3.8, 4) is 0 Å². The van der Waals surface area contributed by atoms with Crippen LogP contribution in [0.2, 0.25) is 0 Å². The van der Waals surface area contributed by atoms with Crippen molar-refractivity contribution in [2.75, 3.05) is 32.8 Å². The minimum Gasteiger partial charge on any atom is -0.379 e. The van der Waals surface area contributed by atoms with Crippen molar-refractivity contribution in [3.05, 3.63) is 0 Å². The predicted molar refractivity (Wildman–Crippen MR) is 79.7 cm³/mol. The summed E-state index contributed by atoms with van der Waals surface area (Å²) >= 11 is 0. The summed E-state index contributed by atoms with van der Waals surface area (Å²) in [5, 5.41) is 4.82. The summed E-state index contributed by atoms with van der Waals surface area (Å²) in [6.07, 6.45) is 0. The van der Waals surface area contributed by atoms with Crippen LogP contribution in [0.15, 0.2) is 0 Å². The lowest BCUT2D eigenvalue weighted by atomic mass is 10.0. The van der Waals surface area contributed by atoms with Gasteiger partial charge < -0.3 is 26.8 Å². The van der Waals surface area contributed by atoms with Crippen molar-refractivity contribution in [2.24, 2.45) is 17.4 Å². The van der Waals surface area contributed by atoms with Crippen LogP contribution in [0.1, 0.15) is 13.8 Å². The van der Waals surface area contributed by atoms with Crippen LogP contribution in [0.25, 0.3) is 0 Å². The quantitative estimate of drug-likeness (QED) is 0.402. The van der Waals surface area contributed by atoms with E-state index in [1.54, 1.807) is 0 Å². The van der Waals surface area contributed by atoms with Gasteiger partial charge in [-0.3, -0.25) is 14.5 Å². The highest BCUT2D eigenvalue weighted by atomic mass is 16.5. The Labute approximate surface area is 129 Å². The zero-order chi connectivity index (χ0) is 16.7. The topological polar surface area (TPSA) is 140 Å². The molecule has 0 aromatic rings. The standard InChI is InChI=1S/C13H25N5O4/c1-8(2)9(18-3-5-22-6-4-18)7-16-13(21)17-10(11(14)19)12(15)20/h8-10H,3-7H2,1-2H3,(H2,14,19)(H2,15,20)(H2,16,17,21). The van der Waals surface area contributed by atoms with E-state index in [0.29, 0.717) is 25.7 Å². The third-order valence-corrected chi connectivity index (χ3v) is 3.60. The molecule has 1 fully saturated rings. The second-order valence-corrected chi connectivity index (χ2v) is 5.55. The van der Waals surface area contributed by atoms with Crippen LogP contribution in [-0.4, -0.2) is 67.7 Å². The minimum absolute atomic E-state index is 0.134. The summed E-state index contributed by atoms with van der Waals surface area (Å²) in [5.74, 6) is -1.66. The smallest absolute Gasteiger partial charge is 0.315 e. The van der Waals surface area contributed by atoms with Crippen LogP contribution in [0.3, 0.4) is 0 Å². The van der Waals surface area contributed by atoms with Gasteiger partial charge in [0.05, 0.1) is 13.2 Å². The van der Waals surface area contributed by atoms with Crippen LogP contribution in [0.5, 0.6) is 0 Å². The molecule has 9 heteroatoms. The molecule has 1 aliphatic heterocycles. The average molecular weight is 315 g/mol. The SMILES string of the molecule is CC(C)C(CNC(=O)NC(C(N)=O)C(N)=O)N1CCOCC1. The Hall–Kier alpha value is -1.87. The number of carbonyl (C=O) groups excluding carboxylic acids is 3. The highest BCUT2D eigenvalue weighted by Gasteiger charge is 2.26. The lowest BCUT2D eigenvalue weighted by Crippen LogP contribution is -2.57. The lowest BCUT2D eigenvalue weighted by molar-refractivity contribution is -0.128. The Balaban J connectivity index is 2.51. The van der Waals surface area contributed by atoms with Gasteiger partial charge in [-0.1, -0.05) is 13.8 Å². The third kappa shape index (κ3) is 5.49. The first-order chi connectivity index (χ1) is 10.3. The molecule has 1 rings (SSSR count). The van der Waals surface area contributed by atoms with Gasteiger partial charge in [-0.05, 0) is 5.92 Å². The molecule has 4 amide bonds. The molecule has 1 atom stereocenters. The van der Waals surface area contributed by atoms with Crippen LogP contribution < -0.4 is 22.1 Å². The zero-order valence-corrected chi connectivity index (χ0v) is 13.0. The number of amides is 4. The molecule has 126 valence electrons. The first kappa shape index (κ1) is 18.2. The fourth-order valence-electron chi connectivity index (χ4n) is 2.36. The molecule has 0 aromatic heterocycles. The fourth-order valence-corrected chi connectivity index (χ4v) is 2.36. The highest BCUT2D eigenvalue weighted by molar-refractivity contribution is 6.05. The molecule has 1 aliphatic rings. The normalized spacial score (nSPS) is 17.3. The molecule has 1 saturated heterocycles. The maximum atomic E-state index is 11.8. The van der Waals surface area contributed by atoms with E-state index in [0.717, 1.165) is 13.1 Å². The summed E-state index contributed by atoms with van der Waals surface area (Å²) in [4.78, 5) is 36.1. The maximum Gasteiger partial charge on any atom is 0.315 e. The number of nitrogens with one attached hydrogen (secondary N) is 2. The Bertz CT molecular complexity index is 395. The van der Waals surface area contributed by atoms with Crippen LogP contribution in [0, 0.1) is 5.92 Å². The summed E-state index contributed by atoms with van der Waals surface area (Å²) < 4.78 is 5.32. The molecule has 0 aromatic carbocycles. The highest BCUT2D eigenvalue weighted by Crippen LogP contribution is 2.12. The molecule has 0 aliphatic carbocycles. The van der Waals surface area contributed by atoms with E-state index in [2.05, 4.69) is 29.4 Å². The number of hydrogen-bond acceptors (Lipinski definition) is 5. The molecule has 1 unspecified atom stereocenters. The van der Waals surface area contributed by atoms with E-state index in [1.807, 2.05) is 0 Å². The molecular formula is C13H25N5O4. The zero-order valence-electron chi connectivity index (χ0n) is 13.0. The monoisotopic (exact) mass is 315 g/mol. The van der Waals surface area contributed by atoms with Crippen molar-refractivity contribution in [1.29, 1.82) is 0 Å². The van der Waals surface area contributed by atoms with Gasteiger partial charge in [-0.2, -0.15) is 0 Å². The van der Waals surface area contributed by atoms with Gasteiger partial charge >= 0.3 is 6.03 Å². The van der Waals surface area contributed by atoms with E-state index in [4.69, 9.17) is 16.2 Å². The van der Waals surface area contributed by atoms with Crippen molar-refractivity contribution >= 4 is 17.8 Å². The third-order valence-electron chi connectivity index (χ3n) is 3.60. The molecule has 0 saturated carbocycles. The first-order valence-electron chi connectivity index (χ1n) is 7.27. The first-order valence-corrected chi connectivity index (χ1v) is 7.27. The fraction of sp³-hybridized carbons (Fsp3) is 0.769. The molecule has 9 nitrogen and oxygen atoms in total. The lowest BCUT2D eigenvalue weighted by Gasteiger charge is -2.36. The van der Waals surface area contributed by atoms with Crippen LogP contribution in [0.4, 0.5) is 4.79 Å². The van der Waals surface area contributed by atoms with Gasteiger partial charge in [0, 0.05) is 25.7 Å². The van der Waals surface area contributed by atoms with Crippen molar-refractivity contribution in [3.63, 3.8) is 0 Å². The second kappa shape index (κ2) is 8.54. The summed E-state index contributed by atoms with van der Waals surface area (Å²) in [6, 6.07) is -2.03. The molecule has 0 bridgehead atoms.